The highest BCUT2D eigenvalue weighted by Gasteiger charge is 2.08. The number of likely N-dealkylation sites (N-methyl/N-ethyl adjacent to an activating group) is 1. The fourth-order valence-electron chi connectivity index (χ4n) is 2.07. The fraction of sp³-hybridized carbons (Fsp3) is 0.278. The number of hydrogen-bond donors (Lipinski definition) is 2. The van der Waals surface area contributed by atoms with Gasteiger partial charge in [0.1, 0.15) is 12.4 Å². The minimum absolute atomic E-state index is 0. The van der Waals surface area contributed by atoms with E-state index in [-0.39, 0.29) is 30.7 Å². The lowest BCUT2D eigenvalue weighted by Gasteiger charge is -2.12. The van der Waals surface area contributed by atoms with Crippen LogP contribution in [0.25, 0.3) is 0 Å². The van der Waals surface area contributed by atoms with Crippen molar-refractivity contribution in [3.63, 3.8) is 0 Å². The van der Waals surface area contributed by atoms with E-state index >= 15 is 0 Å². The van der Waals surface area contributed by atoms with Crippen molar-refractivity contribution in [2.75, 3.05) is 33.0 Å². The van der Waals surface area contributed by atoms with Crippen LogP contribution in [-0.4, -0.2) is 38.1 Å². The van der Waals surface area contributed by atoms with Gasteiger partial charge in [-0.1, -0.05) is 24.3 Å². The molecule has 7 heteroatoms. The molecule has 0 radical (unpaired) electrons. The number of benzene rings is 2. The van der Waals surface area contributed by atoms with Crippen LogP contribution in [0, 0.1) is 0 Å². The van der Waals surface area contributed by atoms with Crippen LogP contribution in [-0.2, 0) is 6.54 Å². The molecule has 2 aromatic rings. The van der Waals surface area contributed by atoms with Gasteiger partial charge < -0.3 is 20.7 Å². The molecule has 3 N–H and O–H groups in total. The number of hydrogen-bond acceptors (Lipinski definition) is 4. The molecule has 0 bridgehead atoms. The normalized spacial score (nSPS) is 9.72. The van der Waals surface area contributed by atoms with Crippen molar-refractivity contribution in [3.8, 4) is 5.75 Å². The number of nitrogen functional groups attached to an aromatic ring is 1. The minimum atomic E-state index is -0.179. The van der Waals surface area contributed by atoms with E-state index in [2.05, 4.69) is 10.2 Å². The van der Waals surface area contributed by atoms with Crippen LogP contribution >= 0.6 is 24.8 Å². The van der Waals surface area contributed by atoms with E-state index in [1.807, 2.05) is 38.4 Å². The smallest absolute Gasteiger partial charge is 0.253 e. The molecule has 1 amide bonds. The molecule has 0 spiro atoms. The van der Waals surface area contributed by atoms with Crippen LogP contribution < -0.4 is 15.8 Å². The van der Waals surface area contributed by atoms with Crippen LogP contribution in [0.3, 0.4) is 0 Å². The maximum Gasteiger partial charge on any atom is 0.253 e. The van der Waals surface area contributed by atoms with Crippen LogP contribution in [0.15, 0.2) is 48.5 Å². The van der Waals surface area contributed by atoms with Gasteiger partial charge in [0.2, 0.25) is 0 Å². The number of anilines is 1. The maximum atomic E-state index is 12.1. The van der Waals surface area contributed by atoms with Gasteiger partial charge in [-0.3, -0.25) is 4.79 Å². The quantitative estimate of drug-likeness (QED) is 0.718. The molecular formula is C18H25Cl2N3O2. The third-order valence-electron chi connectivity index (χ3n) is 3.36. The highest BCUT2D eigenvalue weighted by atomic mass is 35.5. The summed E-state index contributed by atoms with van der Waals surface area (Å²) in [7, 11) is 4.01. The van der Waals surface area contributed by atoms with E-state index in [9.17, 15) is 4.79 Å². The lowest BCUT2D eigenvalue weighted by molar-refractivity contribution is 0.0951. The summed E-state index contributed by atoms with van der Waals surface area (Å²) in [5.74, 6) is 0.625. The predicted octanol–water partition coefficient (Wildman–Crippen LogP) is 2.98. The highest BCUT2D eigenvalue weighted by Crippen LogP contribution is 2.14. The van der Waals surface area contributed by atoms with E-state index < -0.39 is 0 Å². The number of nitrogens with one attached hydrogen (secondary N) is 1. The topological polar surface area (TPSA) is 67.6 Å². The van der Waals surface area contributed by atoms with Gasteiger partial charge in [0, 0.05) is 18.8 Å². The Hall–Kier alpha value is -1.95. The van der Waals surface area contributed by atoms with Crippen molar-refractivity contribution < 1.29 is 9.53 Å². The Morgan fingerprint density at radius 3 is 2.52 bits per heavy atom. The van der Waals surface area contributed by atoms with Gasteiger partial charge >= 0.3 is 0 Å². The van der Waals surface area contributed by atoms with Crippen LogP contribution in [0.2, 0.25) is 0 Å². The predicted molar refractivity (Wildman–Crippen MR) is 107 cm³/mol. The van der Waals surface area contributed by atoms with Gasteiger partial charge in [-0.15, -0.1) is 24.8 Å². The van der Waals surface area contributed by atoms with Gasteiger partial charge in [-0.25, -0.2) is 0 Å². The summed E-state index contributed by atoms with van der Waals surface area (Å²) in [5.41, 5.74) is 7.76. The van der Waals surface area contributed by atoms with Gasteiger partial charge in [0.25, 0.3) is 5.91 Å². The maximum absolute atomic E-state index is 12.1. The monoisotopic (exact) mass is 385 g/mol. The first kappa shape index (κ1) is 23.1. The fourth-order valence-corrected chi connectivity index (χ4v) is 2.07. The molecule has 0 unspecified atom stereocenters. The van der Waals surface area contributed by atoms with Crippen molar-refractivity contribution >= 4 is 36.4 Å². The summed E-state index contributed by atoms with van der Waals surface area (Å²) in [4.78, 5) is 14.2. The molecule has 0 aromatic heterocycles. The largest absolute Gasteiger partial charge is 0.492 e. The molecule has 0 aliphatic heterocycles. The number of nitrogens with two attached hydrogens (primary N) is 1. The number of carbonyl (C=O) groups excluding carboxylic acids is 1. The van der Waals surface area contributed by atoms with Crippen molar-refractivity contribution in [3.05, 3.63) is 59.7 Å². The lowest BCUT2D eigenvalue weighted by Crippen LogP contribution is -2.23. The van der Waals surface area contributed by atoms with E-state index in [4.69, 9.17) is 10.5 Å². The highest BCUT2D eigenvalue weighted by molar-refractivity contribution is 5.99. The number of carbonyl (C=O) groups is 1. The molecule has 25 heavy (non-hydrogen) atoms. The molecule has 0 aliphatic carbocycles. The zero-order valence-corrected chi connectivity index (χ0v) is 16.0. The van der Waals surface area contributed by atoms with Crippen molar-refractivity contribution in [2.45, 2.75) is 6.54 Å². The number of halogens is 2. The Labute approximate surface area is 161 Å². The van der Waals surface area contributed by atoms with Crippen LogP contribution in [0.5, 0.6) is 5.75 Å². The molecule has 0 aliphatic rings. The molecule has 5 nitrogen and oxygen atoms in total. The standard InChI is InChI=1S/C18H23N3O2.2ClH/c1-21(2)10-11-23-15-7-5-6-14(12-15)13-20-18(22)16-8-3-4-9-17(16)19;;/h3-9,12H,10-11,13,19H2,1-2H3,(H,20,22);2*1H. The third-order valence-corrected chi connectivity index (χ3v) is 3.36. The first-order valence-corrected chi connectivity index (χ1v) is 7.55. The molecule has 0 saturated heterocycles. The molecule has 2 rings (SSSR count). The number of amides is 1. The molecule has 0 heterocycles. The van der Waals surface area contributed by atoms with Crippen molar-refractivity contribution in [1.29, 1.82) is 0 Å². The van der Waals surface area contributed by atoms with E-state index in [1.54, 1.807) is 24.3 Å². The Bertz CT molecular complexity index is 666. The van der Waals surface area contributed by atoms with Crippen LogP contribution in [0.4, 0.5) is 5.69 Å². The van der Waals surface area contributed by atoms with E-state index in [0.717, 1.165) is 17.9 Å². The van der Waals surface area contributed by atoms with E-state index in [1.165, 1.54) is 0 Å². The minimum Gasteiger partial charge on any atom is -0.492 e. The average Bonchev–Trinajstić information content (AvgIpc) is 2.53. The first-order valence-electron chi connectivity index (χ1n) is 7.55. The molecule has 0 fully saturated rings. The SMILES string of the molecule is CN(C)CCOc1cccc(CNC(=O)c2ccccc2N)c1.Cl.Cl. The lowest BCUT2D eigenvalue weighted by atomic mass is 10.1. The molecule has 2 aromatic carbocycles. The molecular weight excluding hydrogens is 361 g/mol. The Morgan fingerprint density at radius 2 is 1.84 bits per heavy atom. The van der Waals surface area contributed by atoms with Crippen molar-refractivity contribution in [2.24, 2.45) is 0 Å². The summed E-state index contributed by atoms with van der Waals surface area (Å²) in [6.45, 7) is 1.91. The first-order chi connectivity index (χ1) is 11.1. The Morgan fingerprint density at radius 1 is 1.12 bits per heavy atom. The van der Waals surface area contributed by atoms with Crippen molar-refractivity contribution in [1.82, 2.24) is 10.2 Å². The number of nitrogens with zero attached hydrogens (tertiary/aromatic N) is 1. The van der Waals surface area contributed by atoms with Gasteiger partial charge in [0.15, 0.2) is 0 Å². The Kier molecular flexibility index (Phi) is 10.7. The summed E-state index contributed by atoms with van der Waals surface area (Å²) in [6, 6.07) is 14.8. The molecule has 0 saturated carbocycles. The molecule has 138 valence electrons. The molecule has 0 atom stereocenters. The summed E-state index contributed by atoms with van der Waals surface area (Å²) < 4.78 is 5.69. The summed E-state index contributed by atoms with van der Waals surface area (Å²) in [5, 5.41) is 2.87. The second-order valence-corrected chi connectivity index (χ2v) is 5.57. The number of ether oxygens (including phenoxy) is 1. The number of para-hydroxylation sites is 1. The van der Waals surface area contributed by atoms with Gasteiger partial charge in [0.05, 0.1) is 5.56 Å². The summed E-state index contributed by atoms with van der Waals surface area (Å²) >= 11 is 0. The van der Waals surface area contributed by atoms with Crippen LogP contribution in [0.1, 0.15) is 15.9 Å². The second kappa shape index (κ2) is 11.6. The van der Waals surface area contributed by atoms with Gasteiger partial charge in [-0.05, 0) is 43.9 Å². The average molecular weight is 386 g/mol. The summed E-state index contributed by atoms with van der Waals surface area (Å²) in [6.07, 6.45) is 0. The third kappa shape index (κ3) is 7.65. The zero-order valence-electron chi connectivity index (χ0n) is 14.4. The van der Waals surface area contributed by atoms with Gasteiger partial charge in [-0.2, -0.15) is 0 Å². The Balaban J connectivity index is 0.00000288. The number of rotatable bonds is 7. The second-order valence-electron chi connectivity index (χ2n) is 5.57. The van der Waals surface area contributed by atoms with E-state index in [0.29, 0.717) is 24.4 Å². The zero-order chi connectivity index (χ0) is 16.7.